The highest BCUT2D eigenvalue weighted by atomic mass is 32.1. The van der Waals surface area contributed by atoms with Crippen LogP contribution in [-0.4, -0.2) is 32.7 Å². The Kier molecular flexibility index (Phi) is 4.87. The van der Waals surface area contributed by atoms with Crippen LogP contribution in [0, 0.1) is 13.8 Å². The van der Waals surface area contributed by atoms with Gasteiger partial charge in [0.25, 0.3) is 5.91 Å². The van der Waals surface area contributed by atoms with Crippen molar-refractivity contribution in [3.8, 4) is 27.9 Å². The summed E-state index contributed by atoms with van der Waals surface area (Å²) in [5.74, 6) is 1.24. The Morgan fingerprint density at radius 3 is 2.77 bits per heavy atom. The number of carbonyl (C=O) groups excluding carboxylic acids is 1. The molecule has 9 heteroatoms. The lowest BCUT2D eigenvalue weighted by Gasteiger charge is -2.05. The first-order valence-electron chi connectivity index (χ1n) is 9.72. The van der Waals surface area contributed by atoms with Crippen LogP contribution in [0.5, 0.6) is 11.5 Å². The van der Waals surface area contributed by atoms with Crippen LogP contribution in [0.2, 0.25) is 0 Å². The Bertz CT molecular complexity index is 1270. The molecule has 1 aliphatic heterocycles. The topological polar surface area (TPSA) is 91.2 Å². The van der Waals surface area contributed by atoms with Crippen LogP contribution in [0.15, 0.2) is 48.5 Å². The largest absolute Gasteiger partial charge is 0.454 e. The summed E-state index contributed by atoms with van der Waals surface area (Å²) in [5.41, 5.74) is 4.06. The first kappa shape index (κ1) is 19.3. The number of amides is 1. The molecule has 0 saturated heterocycles. The van der Waals surface area contributed by atoms with E-state index < -0.39 is 0 Å². The predicted molar refractivity (Wildman–Crippen MR) is 116 cm³/mol. The first-order valence-corrected chi connectivity index (χ1v) is 10.5. The number of aromatic nitrogens is 4. The summed E-state index contributed by atoms with van der Waals surface area (Å²) in [5, 5.41) is 12.2. The summed E-state index contributed by atoms with van der Waals surface area (Å²) in [6.45, 7) is 4.37. The molecular formula is C22H19N5O3S. The summed E-state index contributed by atoms with van der Waals surface area (Å²) < 4.78 is 12.5. The maximum absolute atomic E-state index is 12.8. The number of nitrogens with zero attached hydrogens (tertiary/aromatic N) is 4. The number of carbonyl (C=O) groups is 1. The van der Waals surface area contributed by atoms with Crippen molar-refractivity contribution in [3.63, 3.8) is 0 Å². The molecule has 0 unspecified atom stereocenters. The van der Waals surface area contributed by atoms with Crippen molar-refractivity contribution >= 4 is 17.2 Å². The van der Waals surface area contributed by atoms with Crippen LogP contribution in [0.3, 0.4) is 0 Å². The number of aryl methyl sites for hydroxylation is 1. The standard InChI is InChI=1S/C22H19N5O3S/c1-13-20(21(28)23-11-15-8-9-17-18(10-15)30-12-29-17)31-22(24-13)19-14(2)27(26-25-19)16-6-4-3-5-7-16/h3-10H,11-12H2,1-2H3,(H,23,28). The van der Waals surface area contributed by atoms with Gasteiger partial charge in [-0.05, 0) is 43.7 Å². The van der Waals surface area contributed by atoms with Gasteiger partial charge < -0.3 is 14.8 Å². The fourth-order valence-corrected chi connectivity index (χ4v) is 4.38. The molecular weight excluding hydrogens is 414 g/mol. The van der Waals surface area contributed by atoms with Gasteiger partial charge in [-0.25, -0.2) is 9.67 Å². The molecule has 31 heavy (non-hydrogen) atoms. The van der Waals surface area contributed by atoms with Gasteiger partial charge in [-0.15, -0.1) is 16.4 Å². The highest BCUT2D eigenvalue weighted by Crippen LogP contribution is 2.33. The number of hydrogen-bond acceptors (Lipinski definition) is 7. The lowest BCUT2D eigenvalue weighted by atomic mass is 10.2. The Hall–Kier alpha value is -3.72. The molecule has 156 valence electrons. The maximum atomic E-state index is 12.8. The molecule has 8 nitrogen and oxygen atoms in total. The van der Waals surface area contributed by atoms with Crippen molar-refractivity contribution in [3.05, 3.63) is 70.4 Å². The van der Waals surface area contributed by atoms with Gasteiger partial charge in [-0.3, -0.25) is 4.79 Å². The summed E-state index contributed by atoms with van der Waals surface area (Å²) in [4.78, 5) is 17.9. The molecule has 0 fully saturated rings. The molecule has 0 aliphatic carbocycles. The van der Waals surface area contributed by atoms with E-state index in [0.717, 1.165) is 22.7 Å². The number of nitrogens with one attached hydrogen (secondary N) is 1. The fourth-order valence-electron chi connectivity index (χ4n) is 3.36. The van der Waals surface area contributed by atoms with Crippen molar-refractivity contribution in [1.29, 1.82) is 0 Å². The quantitative estimate of drug-likeness (QED) is 0.516. The molecule has 5 rings (SSSR count). The molecule has 3 heterocycles. The van der Waals surface area contributed by atoms with E-state index in [-0.39, 0.29) is 12.7 Å². The lowest BCUT2D eigenvalue weighted by molar-refractivity contribution is 0.0954. The highest BCUT2D eigenvalue weighted by molar-refractivity contribution is 7.17. The normalized spacial score (nSPS) is 12.2. The summed E-state index contributed by atoms with van der Waals surface area (Å²) in [6.07, 6.45) is 0. The number of ether oxygens (including phenoxy) is 2. The van der Waals surface area contributed by atoms with Crippen LogP contribution in [-0.2, 0) is 6.54 Å². The average Bonchev–Trinajstić information content (AvgIpc) is 3.50. The number of hydrogen-bond donors (Lipinski definition) is 1. The lowest BCUT2D eigenvalue weighted by Crippen LogP contribution is -2.22. The predicted octanol–water partition coefficient (Wildman–Crippen LogP) is 3.67. The van der Waals surface area contributed by atoms with Gasteiger partial charge in [-0.1, -0.05) is 29.5 Å². The zero-order valence-electron chi connectivity index (χ0n) is 17.0. The third-order valence-corrected chi connectivity index (χ3v) is 6.15. The van der Waals surface area contributed by atoms with Gasteiger partial charge in [0.05, 0.1) is 17.1 Å². The van der Waals surface area contributed by atoms with Crippen molar-refractivity contribution in [2.75, 3.05) is 6.79 Å². The summed E-state index contributed by atoms with van der Waals surface area (Å²) in [7, 11) is 0. The Morgan fingerprint density at radius 1 is 1.13 bits per heavy atom. The van der Waals surface area contributed by atoms with Crippen LogP contribution >= 0.6 is 11.3 Å². The van der Waals surface area contributed by atoms with E-state index in [0.29, 0.717) is 33.6 Å². The van der Waals surface area contributed by atoms with E-state index in [9.17, 15) is 4.79 Å². The van der Waals surface area contributed by atoms with Crippen LogP contribution in [0.4, 0.5) is 0 Å². The third kappa shape index (κ3) is 3.64. The fraction of sp³-hybridized carbons (Fsp3) is 0.182. The molecule has 0 radical (unpaired) electrons. The second-order valence-electron chi connectivity index (χ2n) is 7.07. The van der Waals surface area contributed by atoms with Gasteiger partial charge in [0.2, 0.25) is 6.79 Å². The highest BCUT2D eigenvalue weighted by Gasteiger charge is 2.21. The number of para-hydroxylation sites is 1. The minimum atomic E-state index is -0.174. The van der Waals surface area contributed by atoms with E-state index in [1.165, 1.54) is 11.3 Å². The van der Waals surface area contributed by atoms with E-state index in [2.05, 4.69) is 20.6 Å². The van der Waals surface area contributed by atoms with Crippen molar-refractivity contribution in [1.82, 2.24) is 25.3 Å². The van der Waals surface area contributed by atoms with Gasteiger partial charge in [-0.2, -0.15) is 0 Å². The number of fused-ring (bicyclic) bond motifs is 1. The maximum Gasteiger partial charge on any atom is 0.263 e. The Labute approximate surface area is 182 Å². The number of rotatable bonds is 5. The summed E-state index contributed by atoms with van der Waals surface area (Å²) in [6, 6.07) is 15.4. The van der Waals surface area contributed by atoms with E-state index in [1.807, 2.05) is 62.4 Å². The molecule has 1 N–H and O–H groups in total. The second kappa shape index (κ2) is 7.84. The minimum Gasteiger partial charge on any atom is -0.454 e. The van der Waals surface area contributed by atoms with Crippen molar-refractivity contribution < 1.29 is 14.3 Å². The molecule has 0 saturated carbocycles. The molecule has 4 aromatic rings. The van der Waals surface area contributed by atoms with Crippen LogP contribution in [0.25, 0.3) is 16.4 Å². The van der Waals surface area contributed by atoms with Crippen molar-refractivity contribution in [2.24, 2.45) is 0 Å². The molecule has 0 bridgehead atoms. The summed E-state index contributed by atoms with van der Waals surface area (Å²) >= 11 is 1.31. The van der Waals surface area contributed by atoms with Gasteiger partial charge >= 0.3 is 0 Å². The van der Waals surface area contributed by atoms with Crippen LogP contribution < -0.4 is 14.8 Å². The van der Waals surface area contributed by atoms with Crippen molar-refractivity contribution in [2.45, 2.75) is 20.4 Å². The average molecular weight is 433 g/mol. The van der Waals surface area contributed by atoms with Crippen LogP contribution in [0.1, 0.15) is 26.6 Å². The second-order valence-corrected chi connectivity index (χ2v) is 8.07. The molecule has 1 aliphatic rings. The molecule has 0 spiro atoms. The molecule has 1 amide bonds. The zero-order valence-corrected chi connectivity index (χ0v) is 17.8. The monoisotopic (exact) mass is 433 g/mol. The molecule has 2 aromatic heterocycles. The van der Waals surface area contributed by atoms with E-state index >= 15 is 0 Å². The first-order chi connectivity index (χ1) is 15.1. The zero-order chi connectivity index (χ0) is 21.4. The molecule has 0 atom stereocenters. The van der Waals surface area contributed by atoms with Gasteiger partial charge in [0.15, 0.2) is 11.5 Å². The molecule has 2 aromatic carbocycles. The number of thiazole rings is 1. The van der Waals surface area contributed by atoms with Gasteiger partial charge in [0.1, 0.15) is 15.6 Å². The Morgan fingerprint density at radius 2 is 1.94 bits per heavy atom. The third-order valence-electron chi connectivity index (χ3n) is 4.99. The number of benzene rings is 2. The Balaban J connectivity index is 1.34. The van der Waals surface area contributed by atoms with E-state index in [1.54, 1.807) is 4.68 Å². The minimum absolute atomic E-state index is 0.174. The SMILES string of the molecule is Cc1nc(-c2nnn(-c3ccccc3)c2C)sc1C(=O)NCc1ccc2c(c1)OCO2. The van der Waals surface area contributed by atoms with E-state index in [4.69, 9.17) is 9.47 Å². The van der Waals surface area contributed by atoms with Gasteiger partial charge in [0, 0.05) is 6.54 Å². The smallest absolute Gasteiger partial charge is 0.263 e.